The first-order valence-corrected chi connectivity index (χ1v) is 10.9. The molecule has 0 aliphatic rings. The van der Waals surface area contributed by atoms with Crippen molar-refractivity contribution >= 4 is 29.7 Å². The number of amides is 1. The highest BCUT2D eigenvalue weighted by molar-refractivity contribution is 6.33. The Labute approximate surface area is 201 Å². The number of furan rings is 1. The lowest BCUT2D eigenvalue weighted by molar-refractivity contribution is -0.121. The number of hydrazone groups is 1. The van der Waals surface area contributed by atoms with Gasteiger partial charge in [-0.25, -0.2) is 10.2 Å². The van der Waals surface area contributed by atoms with Crippen molar-refractivity contribution in [2.45, 2.75) is 5.92 Å². The number of carbonyl (C=O) groups excluding carboxylic acids is 2. The van der Waals surface area contributed by atoms with Gasteiger partial charge in [0.15, 0.2) is 0 Å². The second-order valence-corrected chi connectivity index (χ2v) is 7.78. The largest absolute Gasteiger partial charge is 0.465 e. The quantitative estimate of drug-likeness (QED) is 0.213. The molecule has 0 aliphatic heterocycles. The van der Waals surface area contributed by atoms with Crippen molar-refractivity contribution in [1.82, 2.24) is 5.43 Å². The molecule has 1 heterocycles. The molecule has 0 fully saturated rings. The number of carbonyl (C=O) groups is 2. The van der Waals surface area contributed by atoms with E-state index < -0.39 is 11.9 Å². The lowest BCUT2D eigenvalue weighted by atomic mass is 9.91. The van der Waals surface area contributed by atoms with Crippen LogP contribution in [0.25, 0.3) is 11.3 Å². The fraction of sp³-hybridized carbons (Fsp3) is 0.0741. The van der Waals surface area contributed by atoms with Crippen molar-refractivity contribution in [3.05, 3.63) is 118 Å². The molecule has 1 N–H and O–H groups in total. The summed E-state index contributed by atoms with van der Waals surface area (Å²) in [5.41, 5.74) is 5.24. The zero-order chi connectivity index (χ0) is 23.9. The number of hydrogen-bond acceptors (Lipinski definition) is 5. The molecule has 0 spiro atoms. The van der Waals surface area contributed by atoms with Crippen LogP contribution >= 0.6 is 11.6 Å². The predicted molar refractivity (Wildman–Crippen MR) is 131 cm³/mol. The molecule has 0 saturated carbocycles. The summed E-state index contributed by atoms with van der Waals surface area (Å²) >= 11 is 6.08. The summed E-state index contributed by atoms with van der Waals surface area (Å²) in [6.07, 6.45) is 1.42. The van der Waals surface area contributed by atoms with Gasteiger partial charge in [0.2, 0.25) is 0 Å². The van der Waals surface area contributed by atoms with Crippen molar-refractivity contribution in [1.29, 1.82) is 0 Å². The zero-order valence-corrected chi connectivity index (χ0v) is 19.0. The maximum atomic E-state index is 13.0. The highest BCUT2D eigenvalue weighted by atomic mass is 35.5. The third kappa shape index (κ3) is 5.24. The Balaban J connectivity index is 1.50. The Bertz CT molecular complexity index is 1280. The molecule has 4 aromatic rings. The molecule has 170 valence electrons. The van der Waals surface area contributed by atoms with Gasteiger partial charge >= 0.3 is 5.97 Å². The van der Waals surface area contributed by atoms with Crippen LogP contribution in [0.15, 0.2) is 101 Å². The van der Waals surface area contributed by atoms with E-state index >= 15 is 0 Å². The second kappa shape index (κ2) is 10.6. The first-order chi connectivity index (χ1) is 16.6. The number of nitrogens with one attached hydrogen (secondary N) is 1. The minimum absolute atomic E-state index is 0.244. The molecule has 0 aliphatic carbocycles. The molecule has 0 radical (unpaired) electrons. The summed E-state index contributed by atoms with van der Waals surface area (Å²) in [5, 5.41) is 4.37. The zero-order valence-electron chi connectivity index (χ0n) is 18.3. The van der Waals surface area contributed by atoms with Crippen LogP contribution in [0.5, 0.6) is 0 Å². The number of nitrogens with zero attached hydrogens (tertiary/aromatic N) is 1. The number of hydrogen-bond donors (Lipinski definition) is 1. The molecule has 1 aromatic heterocycles. The monoisotopic (exact) mass is 472 g/mol. The third-order valence-corrected chi connectivity index (χ3v) is 5.51. The van der Waals surface area contributed by atoms with Gasteiger partial charge in [-0.15, -0.1) is 0 Å². The van der Waals surface area contributed by atoms with Gasteiger partial charge in [-0.05, 0) is 41.5 Å². The fourth-order valence-electron chi connectivity index (χ4n) is 3.53. The number of ether oxygens (including phenoxy) is 1. The van der Waals surface area contributed by atoms with E-state index in [0.717, 1.165) is 11.1 Å². The number of esters is 1. The Morgan fingerprint density at radius 1 is 0.941 bits per heavy atom. The topological polar surface area (TPSA) is 80.9 Å². The van der Waals surface area contributed by atoms with E-state index in [1.807, 2.05) is 60.7 Å². The highest BCUT2D eigenvalue weighted by Gasteiger charge is 2.22. The minimum Gasteiger partial charge on any atom is -0.465 e. The summed E-state index contributed by atoms with van der Waals surface area (Å²) in [7, 11) is 1.29. The first-order valence-electron chi connectivity index (χ1n) is 10.5. The van der Waals surface area contributed by atoms with E-state index in [4.69, 9.17) is 20.8 Å². The van der Waals surface area contributed by atoms with Crippen LogP contribution in [0.3, 0.4) is 0 Å². The normalized spacial score (nSPS) is 11.0. The van der Waals surface area contributed by atoms with Gasteiger partial charge in [0.1, 0.15) is 11.5 Å². The summed E-state index contributed by atoms with van der Waals surface area (Å²) in [6.45, 7) is 0. The van der Waals surface area contributed by atoms with E-state index in [2.05, 4.69) is 10.5 Å². The van der Waals surface area contributed by atoms with Crippen molar-refractivity contribution in [2.24, 2.45) is 5.10 Å². The second-order valence-electron chi connectivity index (χ2n) is 7.38. The number of rotatable bonds is 7. The molecular formula is C27H21ClN2O4. The Hall–Kier alpha value is -4.16. The van der Waals surface area contributed by atoms with Gasteiger partial charge in [0, 0.05) is 5.56 Å². The SMILES string of the molecule is COC(=O)c1cc(-c2ccc(/C=N\NC(=O)C(c3ccccc3)c3ccccc3)o2)ccc1Cl. The standard InChI is InChI=1S/C27H21ClN2O4/c1-33-27(32)22-16-20(12-14-23(22)28)24-15-13-21(34-24)17-29-30-26(31)25(18-8-4-2-5-9-18)19-10-6-3-7-11-19/h2-17,25H,1H3,(H,30,31)/b29-17-. The van der Waals surface area contributed by atoms with Gasteiger partial charge in [-0.2, -0.15) is 5.10 Å². The summed E-state index contributed by atoms with van der Waals surface area (Å²) < 4.78 is 10.6. The van der Waals surface area contributed by atoms with E-state index in [-0.39, 0.29) is 16.5 Å². The molecule has 1 amide bonds. The maximum Gasteiger partial charge on any atom is 0.339 e. The van der Waals surface area contributed by atoms with Crippen LogP contribution in [0.1, 0.15) is 33.2 Å². The van der Waals surface area contributed by atoms with Crippen molar-refractivity contribution < 1.29 is 18.7 Å². The van der Waals surface area contributed by atoms with Crippen LogP contribution in [0.4, 0.5) is 0 Å². The van der Waals surface area contributed by atoms with Crippen LogP contribution in [0.2, 0.25) is 5.02 Å². The van der Waals surface area contributed by atoms with Crippen LogP contribution in [0, 0.1) is 0 Å². The Morgan fingerprint density at radius 3 is 2.21 bits per heavy atom. The van der Waals surface area contributed by atoms with Crippen LogP contribution in [-0.4, -0.2) is 25.2 Å². The maximum absolute atomic E-state index is 13.0. The molecule has 0 unspecified atom stereocenters. The van der Waals surface area contributed by atoms with Gasteiger partial charge in [0.25, 0.3) is 5.91 Å². The van der Waals surface area contributed by atoms with E-state index in [0.29, 0.717) is 17.1 Å². The summed E-state index contributed by atoms with van der Waals surface area (Å²) in [5.74, 6) is -0.352. The van der Waals surface area contributed by atoms with E-state index in [1.165, 1.54) is 13.3 Å². The van der Waals surface area contributed by atoms with E-state index in [1.54, 1.807) is 30.3 Å². The minimum atomic E-state index is -0.533. The van der Waals surface area contributed by atoms with Gasteiger partial charge in [-0.3, -0.25) is 4.79 Å². The smallest absolute Gasteiger partial charge is 0.339 e. The number of halogens is 1. The molecule has 3 aromatic carbocycles. The lowest BCUT2D eigenvalue weighted by Gasteiger charge is -2.16. The van der Waals surface area contributed by atoms with E-state index in [9.17, 15) is 9.59 Å². The molecule has 0 bridgehead atoms. The van der Waals surface area contributed by atoms with Crippen molar-refractivity contribution in [2.75, 3.05) is 7.11 Å². The molecule has 7 heteroatoms. The third-order valence-electron chi connectivity index (χ3n) is 5.18. The number of methoxy groups -OCH3 is 1. The average Bonchev–Trinajstić information content (AvgIpc) is 3.34. The fourth-order valence-corrected chi connectivity index (χ4v) is 3.73. The van der Waals surface area contributed by atoms with Crippen LogP contribution in [-0.2, 0) is 9.53 Å². The van der Waals surface area contributed by atoms with Gasteiger partial charge in [0.05, 0.1) is 29.8 Å². The van der Waals surface area contributed by atoms with Gasteiger partial charge in [-0.1, -0.05) is 72.3 Å². The predicted octanol–water partition coefficient (Wildman–Crippen LogP) is 5.67. The highest BCUT2D eigenvalue weighted by Crippen LogP contribution is 2.27. The van der Waals surface area contributed by atoms with Gasteiger partial charge < -0.3 is 9.15 Å². The molecular weight excluding hydrogens is 452 g/mol. The summed E-state index contributed by atoms with van der Waals surface area (Å²) in [6, 6.07) is 27.4. The van der Waals surface area contributed by atoms with Crippen molar-refractivity contribution in [3.63, 3.8) is 0 Å². The first kappa shape index (κ1) is 23.0. The molecule has 4 rings (SSSR count). The molecule has 0 saturated heterocycles. The molecule has 6 nitrogen and oxygen atoms in total. The Morgan fingerprint density at radius 2 is 1.59 bits per heavy atom. The lowest BCUT2D eigenvalue weighted by Crippen LogP contribution is -2.26. The van der Waals surface area contributed by atoms with Crippen LogP contribution < -0.4 is 5.43 Å². The number of benzene rings is 3. The molecule has 0 atom stereocenters. The average molecular weight is 473 g/mol. The molecule has 34 heavy (non-hydrogen) atoms. The summed E-state index contributed by atoms with van der Waals surface area (Å²) in [4.78, 5) is 24.9. The Kier molecular flexibility index (Phi) is 7.20. The van der Waals surface area contributed by atoms with Crippen molar-refractivity contribution in [3.8, 4) is 11.3 Å².